The van der Waals surface area contributed by atoms with Gasteiger partial charge in [-0.3, -0.25) is 9.59 Å². The van der Waals surface area contributed by atoms with Gasteiger partial charge in [0.25, 0.3) is 0 Å². The molecule has 1 aromatic heterocycles. The highest BCUT2D eigenvalue weighted by atomic mass is 19.1. The Bertz CT molecular complexity index is 888. The molecule has 3 rings (SSSR count). The minimum atomic E-state index is -0.769. The summed E-state index contributed by atoms with van der Waals surface area (Å²) < 4.78 is 18.7. The third-order valence-corrected chi connectivity index (χ3v) is 4.75. The molecule has 28 heavy (non-hydrogen) atoms. The van der Waals surface area contributed by atoms with Crippen molar-refractivity contribution >= 4 is 11.8 Å². The topological polar surface area (TPSA) is 88.3 Å². The van der Waals surface area contributed by atoms with Crippen LogP contribution < -0.4 is 5.32 Å². The Balaban J connectivity index is 1.75. The van der Waals surface area contributed by atoms with Crippen LogP contribution in [0, 0.1) is 12.7 Å². The second-order valence-corrected chi connectivity index (χ2v) is 8.04. The summed E-state index contributed by atoms with van der Waals surface area (Å²) in [5.74, 6) is 0.170. The third kappa shape index (κ3) is 4.21. The second kappa shape index (κ2) is 7.69. The smallest absolute Gasteiger partial charge is 0.247 e. The van der Waals surface area contributed by atoms with Gasteiger partial charge in [-0.05, 0) is 30.2 Å². The van der Waals surface area contributed by atoms with E-state index in [-0.39, 0.29) is 29.5 Å². The van der Waals surface area contributed by atoms with Crippen molar-refractivity contribution in [1.29, 1.82) is 0 Å². The van der Waals surface area contributed by atoms with E-state index in [1.165, 1.54) is 12.1 Å². The van der Waals surface area contributed by atoms with Crippen molar-refractivity contribution < 1.29 is 18.5 Å². The summed E-state index contributed by atoms with van der Waals surface area (Å²) in [5.41, 5.74) is 1.02. The molecule has 0 spiro atoms. The van der Waals surface area contributed by atoms with Crippen LogP contribution in [-0.2, 0) is 21.4 Å². The van der Waals surface area contributed by atoms with Crippen LogP contribution in [0.15, 0.2) is 22.7 Å². The summed E-state index contributed by atoms with van der Waals surface area (Å²) >= 11 is 0. The lowest BCUT2D eigenvalue weighted by atomic mass is 9.96. The van der Waals surface area contributed by atoms with Crippen LogP contribution in [0.4, 0.5) is 4.39 Å². The molecular formula is C20H25FN4O3. The van der Waals surface area contributed by atoms with Gasteiger partial charge >= 0.3 is 0 Å². The van der Waals surface area contributed by atoms with Gasteiger partial charge in [0.05, 0.1) is 0 Å². The van der Waals surface area contributed by atoms with Gasteiger partial charge in [-0.2, -0.15) is 4.98 Å². The first-order valence-electron chi connectivity index (χ1n) is 9.33. The predicted molar refractivity (Wildman–Crippen MR) is 99.9 cm³/mol. The van der Waals surface area contributed by atoms with E-state index in [9.17, 15) is 14.0 Å². The third-order valence-electron chi connectivity index (χ3n) is 4.75. The molecule has 1 N–H and O–H groups in total. The number of carbonyl (C=O) groups is 2. The fourth-order valence-corrected chi connectivity index (χ4v) is 3.21. The van der Waals surface area contributed by atoms with E-state index in [4.69, 9.17) is 4.52 Å². The van der Waals surface area contributed by atoms with Crippen LogP contribution in [0.2, 0.25) is 0 Å². The quantitative estimate of drug-likeness (QED) is 0.869. The average Bonchev–Trinajstić information content (AvgIpc) is 3.10. The standard InChI is InChI=1S/C20H25FN4O3/c1-12-11-13(21)5-6-14(12)17-18(27)22-9-10-25(17)16(26)8-7-15-23-19(24-28-15)20(2,3)4/h5-6,11,17H,7-10H2,1-4H3,(H,22,27). The molecule has 150 valence electrons. The summed E-state index contributed by atoms with van der Waals surface area (Å²) in [7, 11) is 0. The highest BCUT2D eigenvalue weighted by molar-refractivity contribution is 5.90. The largest absolute Gasteiger partial charge is 0.352 e. The monoisotopic (exact) mass is 388 g/mol. The Hall–Kier alpha value is -2.77. The van der Waals surface area contributed by atoms with Crippen molar-refractivity contribution in [3.8, 4) is 0 Å². The number of rotatable bonds is 4. The molecule has 1 unspecified atom stereocenters. The molecule has 2 heterocycles. The maximum Gasteiger partial charge on any atom is 0.247 e. The van der Waals surface area contributed by atoms with E-state index in [0.717, 1.165) is 0 Å². The summed E-state index contributed by atoms with van der Waals surface area (Å²) in [6.45, 7) is 8.45. The van der Waals surface area contributed by atoms with Gasteiger partial charge in [-0.25, -0.2) is 4.39 Å². The zero-order valence-electron chi connectivity index (χ0n) is 16.6. The molecule has 2 aromatic rings. The average molecular weight is 388 g/mol. The highest BCUT2D eigenvalue weighted by Gasteiger charge is 2.35. The second-order valence-electron chi connectivity index (χ2n) is 8.04. The van der Waals surface area contributed by atoms with E-state index in [0.29, 0.717) is 42.4 Å². The molecule has 2 amide bonds. The SMILES string of the molecule is Cc1cc(F)ccc1C1C(=O)NCCN1C(=O)CCc1nc(C(C)(C)C)no1. The Morgan fingerprint density at radius 3 is 2.79 bits per heavy atom. The predicted octanol–water partition coefficient (Wildman–Crippen LogP) is 2.45. The van der Waals surface area contributed by atoms with Crippen molar-refractivity contribution in [2.75, 3.05) is 13.1 Å². The number of carbonyl (C=O) groups excluding carboxylic acids is 2. The fraction of sp³-hybridized carbons (Fsp3) is 0.500. The van der Waals surface area contributed by atoms with Gasteiger partial charge in [0.2, 0.25) is 17.7 Å². The minimum absolute atomic E-state index is 0.149. The molecular weight excluding hydrogens is 363 g/mol. The molecule has 1 atom stereocenters. The number of halogens is 1. The van der Waals surface area contributed by atoms with Gasteiger partial charge in [0.1, 0.15) is 11.9 Å². The number of nitrogens with one attached hydrogen (secondary N) is 1. The number of amides is 2. The summed E-state index contributed by atoms with van der Waals surface area (Å²) in [6, 6.07) is 3.47. The molecule has 1 saturated heterocycles. The first kappa shape index (κ1) is 20.0. The first-order chi connectivity index (χ1) is 13.2. The Labute approximate surface area is 163 Å². The molecule has 7 nitrogen and oxygen atoms in total. The van der Waals surface area contributed by atoms with Gasteiger partial charge < -0.3 is 14.7 Å². The lowest BCUT2D eigenvalue weighted by Crippen LogP contribution is -2.52. The van der Waals surface area contributed by atoms with Gasteiger partial charge in [-0.1, -0.05) is 32.0 Å². The number of benzene rings is 1. The number of hydrogen-bond donors (Lipinski definition) is 1. The maximum atomic E-state index is 13.5. The Kier molecular flexibility index (Phi) is 5.49. The van der Waals surface area contributed by atoms with Crippen LogP contribution >= 0.6 is 0 Å². The molecule has 0 bridgehead atoms. The molecule has 0 saturated carbocycles. The molecule has 1 aliphatic heterocycles. The molecule has 1 aliphatic rings. The Morgan fingerprint density at radius 1 is 1.39 bits per heavy atom. The number of hydrogen-bond acceptors (Lipinski definition) is 5. The van der Waals surface area contributed by atoms with E-state index >= 15 is 0 Å². The highest BCUT2D eigenvalue weighted by Crippen LogP contribution is 2.27. The van der Waals surface area contributed by atoms with E-state index < -0.39 is 6.04 Å². The Morgan fingerprint density at radius 2 is 2.14 bits per heavy atom. The lowest BCUT2D eigenvalue weighted by Gasteiger charge is -2.36. The van der Waals surface area contributed by atoms with Crippen molar-refractivity contribution in [1.82, 2.24) is 20.4 Å². The van der Waals surface area contributed by atoms with Crippen molar-refractivity contribution in [3.63, 3.8) is 0 Å². The molecule has 1 fully saturated rings. The number of aromatic nitrogens is 2. The maximum absolute atomic E-state index is 13.5. The van der Waals surface area contributed by atoms with Gasteiger partial charge in [0, 0.05) is 31.3 Å². The lowest BCUT2D eigenvalue weighted by molar-refractivity contribution is -0.143. The van der Waals surface area contributed by atoms with Crippen LogP contribution in [-0.4, -0.2) is 39.9 Å². The normalized spacial score (nSPS) is 17.5. The van der Waals surface area contributed by atoms with Crippen molar-refractivity contribution in [2.24, 2.45) is 0 Å². The fourth-order valence-electron chi connectivity index (χ4n) is 3.21. The van der Waals surface area contributed by atoms with Crippen LogP contribution in [0.3, 0.4) is 0 Å². The van der Waals surface area contributed by atoms with Crippen LogP contribution in [0.1, 0.15) is 56.1 Å². The van der Waals surface area contributed by atoms with E-state index in [1.807, 2.05) is 20.8 Å². The molecule has 0 radical (unpaired) electrons. The molecule has 0 aliphatic carbocycles. The number of aryl methyl sites for hydroxylation is 2. The molecule has 8 heteroatoms. The van der Waals surface area contributed by atoms with Gasteiger partial charge in [-0.15, -0.1) is 0 Å². The number of piperazine rings is 1. The number of nitrogens with zero attached hydrogens (tertiary/aromatic N) is 3. The van der Waals surface area contributed by atoms with Gasteiger partial charge in [0.15, 0.2) is 5.82 Å². The van der Waals surface area contributed by atoms with Crippen LogP contribution in [0.25, 0.3) is 0 Å². The van der Waals surface area contributed by atoms with Crippen molar-refractivity contribution in [2.45, 2.75) is 52.0 Å². The summed E-state index contributed by atoms with van der Waals surface area (Å²) in [4.78, 5) is 31.2. The van der Waals surface area contributed by atoms with E-state index in [1.54, 1.807) is 17.9 Å². The van der Waals surface area contributed by atoms with E-state index in [2.05, 4.69) is 15.5 Å². The zero-order valence-corrected chi connectivity index (χ0v) is 16.6. The molecule has 1 aromatic carbocycles. The van der Waals surface area contributed by atoms with Crippen LogP contribution in [0.5, 0.6) is 0 Å². The summed E-state index contributed by atoms with van der Waals surface area (Å²) in [5, 5.41) is 6.75. The van der Waals surface area contributed by atoms with Crippen molar-refractivity contribution in [3.05, 3.63) is 46.9 Å². The zero-order chi connectivity index (χ0) is 20.5. The first-order valence-corrected chi connectivity index (χ1v) is 9.33. The minimum Gasteiger partial charge on any atom is -0.352 e. The summed E-state index contributed by atoms with van der Waals surface area (Å²) in [6.07, 6.45) is 0.449.